The quantitative estimate of drug-likeness (QED) is 0.293. The highest BCUT2D eigenvalue weighted by atomic mass is 16.7. The number of anilines is 2. The number of fused-ring (bicyclic) bond motifs is 2. The molecule has 3 aliphatic heterocycles. The van der Waals surface area contributed by atoms with Crippen LogP contribution >= 0.6 is 0 Å². The molecule has 0 radical (unpaired) electrons. The molecule has 1 amide bonds. The molecule has 2 aromatic carbocycles. The third-order valence-electron chi connectivity index (χ3n) is 7.82. The molecule has 3 aromatic rings. The molecular weight excluding hydrogens is 524 g/mol. The molecule has 1 aromatic heterocycles. The van der Waals surface area contributed by atoms with Gasteiger partial charge in [-0.2, -0.15) is 9.97 Å². The summed E-state index contributed by atoms with van der Waals surface area (Å²) in [6.07, 6.45) is 1.50. The Morgan fingerprint density at radius 3 is 2.66 bits per heavy atom. The van der Waals surface area contributed by atoms with Gasteiger partial charge in [-0.1, -0.05) is 24.3 Å². The van der Waals surface area contributed by atoms with E-state index in [1.54, 1.807) is 12.0 Å². The zero-order valence-electron chi connectivity index (χ0n) is 23.6. The molecule has 2 fully saturated rings. The predicted molar refractivity (Wildman–Crippen MR) is 156 cm³/mol. The summed E-state index contributed by atoms with van der Waals surface area (Å²) in [5.41, 5.74) is 2.10. The lowest BCUT2D eigenvalue weighted by Crippen LogP contribution is -2.46. The third kappa shape index (κ3) is 6.23. The Labute approximate surface area is 240 Å². The molecule has 0 bridgehead atoms. The fraction of sp³-hybridized carbons (Fsp3) is 0.500. The molecule has 2 saturated heterocycles. The van der Waals surface area contributed by atoms with Gasteiger partial charge in [0.2, 0.25) is 0 Å². The first kappa shape index (κ1) is 27.6. The summed E-state index contributed by atoms with van der Waals surface area (Å²) >= 11 is 0. The van der Waals surface area contributed by atoms with Crippen LogP contribution in [0, 0.1) is 0 Å². The first-order chi connectivity index (χ1) is 20.2. The van der Waals surface area contributed by atoms with Crippen molar-refractivity contribution in [2.24, 2.45) is 0 Å². The van der Waals surface area contributed by atoms with Gasteiger partial charge in [-0.25, -0.2) is 0 Å². The average Bonchev–Trinajstić information content (AvgIpc) is 3.03. The molecule has 0 spiro atoms. The molecule has 0 saturated carbocycles. The summed E-state index contributed by atoms with van der Waals surface area (Å²) < 4.78 is 22.4. The molecular formula is C30H38N6O5. The van der Waals surface area contributed by atoms with Crippen molar-refractivity contribution in [1.29, 1.82) is 0 Å². The molecule has 41 heavy (non-hydrogen) atoms. The number of benzene rings is 2. The van der Waals surface area contributed by atoms with Crippen LogP contribution in [0.2, 0.25) is 0 Å². The number of hydrogen-bond donors (Lipinski definition) is 1. The van der Waals surface area contributed by atoms with E-state index in [9.17, 15) is 4.79 Å². The number of aromatic nitrogens is 2. The number of piperazine rings is 1. The maximum atomic E-state index is 14.2. The third-order valence-corrected chi connectivity index (χ3v) is 7.82. The summed E-state index contributed by atoms with van der Waals surface area (Å²) in [5, 5.41) is 5.37. The SMILES string of the molecule is COCOc1cc(N2CCc3c(nc(OCCCN4CCOCC4)nc3N3CCNCC3)C2=O)c2ccccc2c1. The molecule has 1 N–H and O–H groups in total. The smallest absolute Gasteiger partial charge is 0.319 e. The summed E-state index contributed by atoms with van der Waals surface area (Å²) in [6, 6.07) is 12.2. The van der Waals surface area contributed by atoms with Crippen molar-refractivity contribution in [2.45, 2.75) is 12.8 Å². The predicted octanol–water partition coefficient (Wildman–Crippen LogP) is 2.33. The number of nitrogens with zero attached hydrogens (tertiary/aromatic N) is 5. The number of morpholine rings is 1. The molecule has 3 aliphatic rings. The Kier molecular flexibility index (Phi) is 8.76. The van der Waals surface area contributed by atoms with E-state index in [2.05, 4.69) is 15.1 Å². The average molecular weight is 563 g/mol. The molecule has 0 atom stereocenters. The van der Waals surface area contributed by atoms with Gasteiger partial charge in [0.1, 0.15) is 17.3 Å². The number of hydrogen-bond acceptors (Lipinski definition) is 10. The first-order valence-corrected chi connectivity index (χ1v) is 14.5. The van der Waals surface area contributed by atoms with Crippen LogP contribution in [0.1, 0.15) is 22.5 Å². The monoisotopic (exact) mass is 562 g/mol. The molecule has 218 valence electrons. The minimum Gasteiger partial charge on any atom is -0.467 e. The number of rotatable bonds is 10. The van der Waals surface area contributed by atoms with Crippen molar-refractivity contribution >= 4 is 28.2 Å². The van der Waals surface area contributed by atoms with Gasteiger partial charge in [0.05, 0.1) is 25.5 Å². The topological polar surface area (TPSA) is 102 Å². The zero-order valence-corrected chi connectivity index (χ0v) is 23.6. The van der Waals surface area contributed by atoms with Crippen LogP contribution in [0.3, 0.4) is 0 Å². The zero-order chi connectivity index (χ0) is 28.0. The number of ether oxygens (including phenoxy) is 4. The highest BCUT2D eigenvalue weighted by Gasteiger charge is 2.33. The molecule has 4 heterocycles. The minimum absolute atomic E-state index is 0.127. The Hall–Kier alpha value is -3.51. The van der Waals surface area contributed by atoms with Gasteiger partial charge in [0, 0.05) is 76.5 Å². The summed E-state index contributed by atoms with van der Waals surface area (Å²) in [7, 11) is 1.59. The minimum atomic E-state index is -0.155. The number of carbonyl (C=O) groups is 1. The summed E-state index contributed by atoms with van der Waals surface area (Å²) in [5.74, 6) is 1.31. The van der Waals surface area contributed by atoms with Crippen molar-refractivity contribution in [3.05, 3.63) is 47.7 Å². The van der Waals surface area contributed by atoms with Crippen LogP contribution in [-0.2, 0) is 15.9 Å². The van der Waals surface area contributed by atoms with E-state index < -0.39 is 0 Å². The number of carbonyl (C=O) groups excluding carboxylic acids is 1. The van der Waals surface area contributed by atoms with Crippen LogP contribution in [0.5, 0.6) is 11.8 Å². The van der Waals surface area contributed by atoms with Crippen molar-refractivity contribution in [3.63, 3.8) is 0 Å². The van der Waals surface area contributed by atoms with Crippen molar-refractivity contribution in [1.82, 2.24) is 20.2 Å². The van der Waals surface area contributed by atoms with Gasteiger partial charge in [-0.15, -0.1) is 0 Å². The second-order valence-corrected chi connectivity index (χ2v) is 10.5. The highest BCUT2D eigenvalue weighted by molar-refractivity contribution is 6.12. The summed E-state index contributed by atoms with van der Waals surface area (Å²) in [4.78, 5) is 30.2. The Bertz CT molecular complexity index is 1360. The standard InChI is InChI=1S/C30H38N6O5/c1-38-21-41-23-19-22-5-2-3-6-24(22)26(20-23)36-11-7-25-27(29(36)37)32-30(33-28(25)35-12-8-31-9-13-35)40-16-4-10-34-14-17-39-18-15-34/h2-3,5-6,19-20,31H,4,7-18,21H2,1H3. The lowest BCUT2D eigenvalue weighted by molar-refractivity contribution is 0.0356. The van der Waals surface area contributed by atoms with Crippen molar-refractivity contribution < 1.29 is 23.7 Å². The second-order valence-electron chi connectivity index (χ2n) is 10.5. The maximum absolute atomic E-state index is 14.2. The maximum Gasteiger partial charge on any atom is 0.319 e. The van der Waals surface area contributed by atoms with E-state index in [1.165, 1.54) is 0 Å². The van der Waals surface area contributed by atoms with Gasteiger partial charge >= 0.3 is 6.01 Å². The fourth-order valence-corrected chi connectivity index (χ4v) is 5.72. The molecule has 6 rings (SSSR count). The fourth-order valence-electron chi connectivity index (χ4n) is 5.72. The Morgan fingerprint density at radius 2 is 1.83 bits per heavy atom. The van der Waals surface area contributed by atoms with Gasteiger partial charge in [-0.05, 0) is 24.3 Å². The van der Waals surface area contributed by atoms with E-state index in [1.807, 2.05) is 36.4 Å². The van der Waals surface area contributed by atoms with Crippen LogP contribution in [0.25, 0.3) is 10.8 Å². The number of methoxy groups -OCH3 is 1. The number of amides is 1. The van der Waals surface area contributed by atoms with Crippen molar-refractivity contribution in [3.8, 4) is 11.8 Å². The normalized spacial score (nSPS) is 18.0. The van der Waals surface area contributed by atoms with Gasteiger partial charge in [0.15, 0.2) is 6.79 Å². The Morgan fingerprint density at radius 1 is 1.00 bits per heavy atom. The van der Waals surface area contributed by atoms with Crippen LogP contribution in [0.15, 0.2) is 36.4 Å². The second kappa shape index (κ2) is 13.0. The molecule has 0 unspecified atom stereocenters. The lowest BCUT2D eigenvalue weighted by atomic mass is 10.0. The first-order valence-electron chi connectivity index (χ1n) is 14.5. The molecule has 0 aliphatic carbocycles. The van der Waals surface area contributed by atoms with E-state index in [0.29, 0.717) is 31.0 Å². The van der Waals surface area contributed by atoms with Crippen LogP contribution in [-0.4, -0.2) is 107 Å². The largest absolute Gasteiger partial charge is 0.467 e. The summed E-state index contributed by atoms with van der Waals surface area (Å²) in [6.45, 7) is 8.88. The highest BCUT2D eigenvalue weighted by Crippen LogP contribution is 2.36. The Balaban J connectivity index is 1.29. The molecule has 11 nitrogen and oxygen atoms in total. The van der Waals surface area contributed by atoms with E-state index in [-0.39, 0.29) is 18.7 Å². The van der Waals surface area contributed by atoms with Crippen LogP contribution in [0.4, 0.5) is 11.5 Å². The van der Waals surface area contributed by atoms with Crippen molar-refractivity contribution in [2.75, 3.05) is 95.9 Å². The van der Waals surface area contributed by atoms with Gasteiger partial charge in [-0.3, -0.25) is 9.69 Å². The molecule has 11 heteroatoms. The number of nitrogens with one attached hydrogen (secondary N) is 1. The van der Waals surface area contributed by atoms with E-state index in [0.717, 1.165) is 93.3 Å². The van der Waals surface area contributed by atoms with E-state index >= 15 is 0 Å². The van der Waals surface area contributed by atoms with Gasteiger partial charge < -0.3 is 34.1 Å². The van der Waals surface area contributed by atoms with Gasteiger partial charge in [0.25, 0.3) is 5.91 Å². The van der Waals surface area contributed by atoms with Crippen LogP contribution < -0.4 is 24.6 Å². The lowest BCUT2D eigenvalue weighted by Gasteiger charge is -2.34. The van der Waals surface area contributed by atoms with E-state index in [4.69, 9.17) is 28.9 Å².